The quantitative estimate of drug-likeness (QED) is 0.322. The van der Waals surface area contributed by atoms with Gasteiger partial charge in [0.25, 0.3) is 0 Å². The van der Waals surface area contributed by atoms with Crippen LogP contribution in [0, 0.1) is 17.4 Å². The van der Waals surface area contributed by atoms with Crippen LogP contribution in [0.1, 0.15) is 13.8 Å². The Bertz CT molecular complexity index is 317. The molecule has 0 radical (unpaired) electrons. The second-order valence-corrected chi connectivity index (χ2v) is 9.59. The topological polar surface area (TPSA) is 52.6 Å². The zero-order valence-corrected chi connectivity index (χ0v) is 11.4. The Morgan fingerprint density at radius 2 is 1.81 bits per heavy atom. The van der Waals surface area contributed by atoms with E-state index in [1.807, 2.05) is 33.5 Å². The number of hydrogen-bond acceptors (Lipinski definition) is 4. The Morgan fingerprint density at radius 1 is 1.25 bits per heavy atom. The minimum atomic E-state index is -1.62. The molecule has 0 N–H and O–H groups in total. The summed E-state index contributed by atoms with van der Waals surface area (Å²) in [5, 5.41) is 0. The molecule has 0 bridgehead atoms. The number of rotatable bonds is 2. The molecule has 0 saturated carbocycles. The summed E-state index contributed by atoms with van der Waals surface area (Å²) in [6.45, 7) is 9.98. The van der Waals surface area contributed by atoms with Gasteiger partial charge < -0.3 is 9.47 Å². The van der Waals surface area contributed by atoms with E-state index in [-0.39, 0.29) is 12.5 Å². The van der Waals surface area contributed by atoms with Crippen LogP contribution in [-0.4, -0.2) is 26.8 Å². The summed E-state index contributed by atoms with van der Waals surface area (Å²) < 4.78 is 9.01. The average Bonchev–Trinajstić information content (AvgIpc) is 2.10. The third-order valence-corrected chi connectivity index (χ3v) is 2.13. The van der Waals surface area contributed by atoms with Crippen molar-refractivity contribution in [3.05, 3.63) is 0 Å². The van der Waals surface area contributed by atoms with Crippen molar-refractivity contribution in [3.63, 3.8) is 0 Å². The lowest BCUT2D eigenvalue weighted by Gasteiger charge is -2.05. The van der Waals surface area contributed by atoms with Gasteiger partial charge in [-0.05, 0) is 5.92 Å². The number of carbonyl (C=O) groups is 2. The SMILES string of the molecule is CC(C)COC(=O)OC(=O)C#C[Si](C)(C)C. The summed E-state index contributed by atoms with van der Waals surface area (Å²) in [6, 6.07) is 0. The first kappa shape index (κ1) is 14.7. The molecule has 0 aliphatic heterocycles. The highest BCUT2D eigenvalue weighted by molar-refractivity contribution is 6.84. The van der Waals surface area contributed by atoms with Crippen LogP contribution >= 0.6 is 0 Å². The highest BCUT2D eigenvalue weighted by Crippen LogP contribution is 1.97. The highest BCUT2D eigenvalue weighted by Gasteiger charge is 2.12. The summed E-state index contributed by atoms with van der Waals surface area (Å²) in [5.41, 5.74) is 2.80. The van der Waals surface area contributed by atoms with E-state index in [1.165, 1.54) is 0 Å². The van der Waals surface area contributed by atoms with Crippen molar-refractivity contribution in [1.29, 1.82) is 0 Å². The molecule has 4 nitrogen and oxygen atoms in total. The van der Waals surface area contributed by atoms with Crippen molar-refractivity contribution in [2.45, 2.75) is 33.5 Å². The first-order chi connectivity index (χ1) is 7.20. The van der Waals surface area contributed by atoms with E-state index in [1.54, 1.807) is 0 Å². The standard InChI is InChI=1S/C11H18O4Si/c1-9(2)8-14-11(13)15-10(12)6-7-16(3,4)5/h9H,8H2,1-5H3. The summed E-state index contributed by atoms with van der Waals surface area (Å²) in [7, 11) is -1.62. The fourth-order valence-corrected chi connectivity index (χ4v) is 1.08. The zero-order valence-electron chi connectivity index (χ0n) is 10.4. The monoisotopic (exact) mass is 242 g/mol. The lowest BCUT2D eigenvalue weighted by Crippen LogP contribution is -2.19. The van der Waals surface area contributed by atoms with Crippen molar-refractivity contribution in [1.82, 2.24) is 0 Å². The van der Waals surface area contributed by atoms with Crippen LogP contribution in [0.5, 0.6) is 0 Å². The first-order valence-corrected chi connectivity index (χ1v) is 8.62. The normalized spacial score (nSPS) is 10.4. The third-order valence-electron chi connectivity index (χ3n) is 1.25. The van der Waals surface area contributed by atoms with Crippen molar-refractivity contribution in [3.8, 4) is 11.5 Å². The predicted octanol–water partition coefficient (Wildman–Crippen LogP) is 2.20. The minimum absolute atomic E-state index is 0.204. The van der Waals surface area contributed by atoms with Gasteiger partial charge in [0.2, 0.25) is 0 Å². The van der Waals surface area contributed by atoms with Crippen LogP contribution in [0.4, 0.5) is 4.79 Å². The number of esters is 1. The van der Waals surface area contributed by atoms with Crippen LogP contribution in [-0.2, 0) is 14.3 Å². The zero-order chi connectivity index (χ0) is 12.8. The van der Waals surface area contributed by atoms with Crippen molar-refractivity contribution in [2.24, 2.45) is 5.92 Å². The van der Waals surface area contributed by atoms with Gasteiger partial charge >= 0.3 is 12.1 Å². The maximum absolute atomic E-state index is 11.1. The number of hydrogen-bond donors (Lipinski definition) is 0. The molecule has 90 valence electrons. The first-order valence-electron chi connectivity index (χ1n) is 5.12. The van der Waals surface area contributed by atoms with Gasteiger partial charge in [-0.2, -0.15) is 0 Å². The van der Waals surface area contributed by atoms with E-state index in [0.717, 1.165) is 0 Å². The molecule has 16 heavy (non-hydrogen) atoms. The van der Waals surface area contributed by atoms with Gasteiger partial charge in [0.1, 0.15) is 8.07 Å². The summed E-state index contributed by atoms with van der Waals surface area (Å²) in [4.78, 5) is 22.0. The van der Waals surface area contributed by atoms with Crippen molar-refractivity contribution >= 4 is 20.2 Å². The lowest BCUT2D eigenvalue weighted by atomic mass is 10.2. The maximum atomic E-state index is 11.1. The molecule has 0 atom stereocenters. The Labute approximate surface area is 97.3 Å². The van der Waals surface area contributed by atoms with Crippen molar-refractivity contribution in [2.75, 3.05) is 6.61 Å². The molecule has 0 rings (SSSR count). The molecule has 0 fully saturated rings. The fourth-order valence-electron chi connectivity index (χ4n) is 0.604. The van der Waals surface area contributed by atoms with Crippen LogP contribution in [0.15, 0.2) is 0 Å². The molecular formula is C11H18O4Si. The van der Waals surface area contributed by atoms with Gasteiger partial charge in [0.15, 0.2) is 0 Å². The number of ether oxygens (including phenoxy) is 2. The average molecular weight is 242 g/mol. The molecule has 0 aliphatic rings. The van der Waals surface area contributed by atoms with Crippen LogP contribution in [0.25, 0.3) is 0 Å². The molecule has 0 heterocycles. The summed E-state index contributed by atoms with van der Waals surface area (Å²) >= 11 is 0. The van der Waals surface area contributed by atoms with E-state index >= 15 is 0 Å². The van der Waals surface area contributed by atoms with Gasteiger partial charge in [-0.15, -0.1) is 5.54 Å². The lowest BCUT2D eigenvalue weighted by molar-refractivity contribution is -0.133. The summed E-state index contributed by atoms with van der Waals surface area (Å²) in [5.74, 6) is 1.64. The van der Waals surface area contributed by atoms with Crippen LogP contribution in [0.2, 0.25) is 19.6 Å². The molecule has 0 aromatic rings. The van der Waals surface area contributed by atoms with Gasteiger partial charge in [0.05, 0.1) is 6.61 Å². The third kappa shape index (κ3) is 9.28. The Kier molecular flexibility index (Phi) is 5.82. The molecule has 0 aromatic carbocycles. The Hall–Kier alpha value is -1.28. The van der Waals surface area contributed by atoms with Crippen LogP contribution < -0.4 is 0 Å². The van der Waals surface area contributed by atoms with E-state index in [2.05, 4.69) is 20.9 Å². The van der Waals surface area contributed by atoms with Gasteiger partial charge in [-0.1, -0.05) is 33.5 Å². The van der Waals surface area contributed by atoms with Crippen LogP contribution in [0.3, 0.4) is 0 Å². The molecule has 0 aliphatic carbocycles. The van der Waals surface area contributed by atoms with Gasteiger partial charge in [0, 0.05) is 5.92 Å². The Balaban J connectivity index is 4.05. The second kappa shape index (κ2) is 6.33. The predicted molar refractivity (Wildman–Crippen MR) is 63.4 cm³/mol. The van der Waals surface area contributed by atoms with Crippen molar-refractivity contribution < 1.29 is 19.1 Å². The molecule has 0 unspecified atom stereocenters. The highest BCUT2D eigenvalue weighted by atomic mass is 28.3. The Morgan fingerprint density at radius 3 is 2.25 bits per heavy atom. The molecule has 0 saturated heterocycles. The molecular weight excluding hydrogens is 224 g/mol. The van der Waals surface area contributed by atoms with E-state index < -0.39 is 20.2 Å². The van der Waals surface area contributed by atoms with Gasteiger partial charge in [-0.25, -0.2) is 9.59 Å². The van der Waals surface area contributed by atoms with E-state index in [9.17, 15) is 9.59 Å². The fraction of sp³-hybridized carbons (Fsp3) is 0.636. The number of carbonyl (C=O) groups excluding carboxylic acids is 2. The summed E-state index contributed by atoms with van der Waals surface area (Å²) in [6.07, 6.45) is -0.983. The van der Waals surface area contributed by atoms with E-state index in [4.69, 9.17) is 0 Å². The minimum Gasteiger partial charge on any atom is -0.434 e. The molecule has 0 amide bonds. The van der Waals surface area contributed by atoms with E-state index in [0.29, 0.717) is 0 Å². The second-order valence-electron chi connectivity index (χ2n) is 4.84. The maximum Gasteiger partial charge on any atom is 0.516 e. The molecule has 0 aromatic heterocycles. The van der Waals surface area contributed by atoms with Gasteiger partial charge in [-0.3, -0.25) is 0 Å². The largest absolute Gasteiger partial charge is 0.516 e. The molecule has 5 heteroatoms. The smallest absolute Gasteiger partial charge is 0.434 e. The molecule has 0 spiro atoms.